The van der Waals surface area contributed by atoms with E-state index in [4.69, 9.17) is 4.18 Å². The van der Waals surface area contributed by atoms with Crippen molar-refractivity contribution in [2.75, 3.05) is 6.26 Å². The van der Waals surface area contributed by atoms with Crippen LogP contribution in [-0.2, 0) is 14.3 Å². The zero-order chi connectivity index (χ0) is 9.95. The van der Waals surface area contributed by atoms with Crippen LogP contribution in [0.5, 0.6) is 0 Å². The molecular weight excluding hydrogens is 188 g/mol. The fourth-order valence-electron chi connectivity index (χ4n) is 1.53. The molecule has 78 valence electrons. The fourth-order valence-corrected chi connectivity index (χ4v) is 2.42. The van der Waals surface area contributed by atoms with Crippen LogP contribution in [0.1, 0.15) is 45.4 Å². The van der Waals surface area contributed by atoms with Crippen molar-refractivity contribution in [1.82, 2.24) is 0 Å². The largest absolute Gasteiger partial charge is 0.264 e. The van der Waals surface area contributed by atoms with Gasteiger partial charge in [0.15, 0.2) is 0 Å². The summed E-state index contributed by atoms with van der Waals surface area (Å²) in [5.41, 5.74) is -0.303. The molecule has 0 N–H and O–H groups in total. The van der Waals surface area contributed by atoms with Gasteiger partial charge >= 0.3 is 0 Å². The lowest BCUT2D eigenvalue weighted by atomic mass is 10.1. The van der Waals surface area contributed by atoms with Crippen molar-refractivity contribution in [3.8, 4) is 0 Å². The first-order valence-corrected chi connectivity index (χ1v) is 6.70. The molecule has 0 aromatic heterocycles. The summed E-state index contributed by atoms with van der Waals surface area (Å²) in [5.74, 6) is 0. The quantitative estimate of drug-likeness (QED) is 0.493. The highest BCUT2D eigenvalue weighted by Gasteiger charge is 2.46. The van der Waals surface area contributed by atoms with Gasteiger partial charge in [0.2, 0.25) is 0 Å². The van der Waals surface area contributed by atoms with Gasteiger partial charge in [-0.05, 0) is 19.3 Å². The summed E-state index contributed by atoms with van der Waals surface area (Å²) < 4.78 is 26.8. The van der Waals surface area contributed by atoms with Gasteiger partial charge in [-0.3, -0.25) is 4.18 Å². The molecule has 4 heteroatoms. The second-order valence-corrected chi connectivity index (χ2v) is 5.50. The topological polar surface area (TPSA) is 43.4 Å². The van der Waals surface area contributed by atoms with Gasteiger partial charge in [-0.2, -0.15) is 8.42 Å². The molecule has 1 saturated carbocycles. The third-order valence-electron chi connectivity index (χ3n) is 2.37. The van der Waals surface area contributed by atoms with E-state index in [1.807, 2.05) is 0 Å². The maximum absolute atomic E-state index is 10.9. The third kappa shape index (κ3) is 4.09. The summed E-state index contributed by atoms with van der Waals surface area (Å²) in [4.78, 5) is 0. The van der Waals surface area contributed by atoms with E-state index >= 15 is 0 Å². The highest BCUT2D eigenvalue weighted by atomic mass is 32.2. The number of hydrogen-bond donors (Lipinski definition) is 0. The molecule has 0 aromatic rings. The van der Waals surface area contributed by atoms with Crippen LogP contribution in [-0.4, -0.2) is 20.3 Å². The van der Waals surface area contributed by atoms with E-state index in [2.05, 4.69) is 6.92 Å². The Bertz CT molecular complexity index is 252. The zero-order valence-corrected chi connectivity index (χ0v) is 9.19. The summed E-state index contributed by atoms with van der Waals surface area (Å²) in [6.07, 6.45) is 7.24. The van der Waals surface area contributed by atoms with Gasteiger partial charge in [0, 0.05) is 0 Å². The molecule has 1 fully saturated rings. The summed E-state index contributed by atoms with van der Waals surface area (Å²) in [7, 11) is -3.26. The van der Waals surface area contributed by atoms with E-state index in [0.717, 1.165) is 44.8 Å². The van der Waals surface area contributed by atoms with Gasteiger partial charge in [0.05, 0.1) is 11.9 Å². The van der Waals surface area contributed by atoms with Crippen LogP contribution in [0.15, 0.2) is 0 Å². The summed E-state index contributed by atoms with van der Waals surface area (Å²) in [5, 5.41) is 0. The van der Waals surface area contributed by atoms with E-state index < -0.39 is 10.1 Å². The number of hydrogen-bond acceptors (Lipinski definition) is 3. The maximum atomic E-state index is 10.9. The molecule has 1 aliphatic carbocycles. The molecule has 13 heavy (non-hydrogen) atoms. The van der Waals surface area contributed by atoms with Crippen molar-refractivity contribution >= 4 is 10.1 Å². The Morgan fingerprint density at radius 2 is 1.92 bits per heavy atom. The van der Waals surface area contributed by atoms with Crippen molar-refractivity contribution in [2.45, 2.75) is 51.0 Å². The van der Waals surface area contributed by atoms with Crippen LogP contribution in [0.4, 0.5) is 0 Å². The fraction of sp³-hybridized carbons (Fsp3) is 1.00. The molecule has 0 heterocycles. The molecule has 3 nitrogen and oxygen atoms in total. The van der Waals surface area contributed by atoms with Gasteiger partial charge in [-0.1, -0.05) is 26.2 Å². The standard InChI is InChI=1S/C9H18O3S/c1-3-4-5-6-9(7-8-9)12-13(2,10)11/h3-8H2,1-2H3. The molecule has 1 aliphatic rings. The molecule has 0 aliphatic heterocycles. The molecular formula is C9H18O3S. The van der Waals surface area contributed by atoms with E-state index in [-0.39, 0.29) is 5.60 Å². The van der Waals surface area contributed by atoms with Gasteiger partial charge in [0.1, 0.15) is 0 Å². The minimum atomic E-state index is -3.26. The van der Waals surface area contributed by atoms with Crippen LogP contribution in [0.3, 0.4) is 0 Å². The monoisotopic (exact) mass is 206 g/mol. The number of rotatable bonds is 6. The Kier molecular flexibility index (Phi) is 3.35. The smallest absolute Gasteiger partial charge is 0.264 e. The maximum Gasteiger partial charge on any atom is 0.264 e. The lowest BCUT2D eigenvalue weighted by Crippen LogP contribution is -2.18. The first kappa shape index (κ1) is 11.0. The van der Waals surface area contributed by atoms with Crippen molar-refractivity contribution in [1.29, 1.82) is 0 Å². The second kappa shape index (κ2) is 3.96. The summed E-state index contributed by atoms with van der Waals surface area (Å²) in [6.45, 7) is 2.14. The molecule has 0 amide bonds. The second-order valence-electron chi connectivity index (χ2n) is 3.93. The summed E-state index contributed by atoms with van der Waals surface area (Å²) >= 11 is 0. The summed E-state index contributed by atoms with van der Waals surface area (Å²) in [6, 6.07) is 0. The SMILES string of the molecule is CCCCCC1(OS(C)(=O)=O)CC1. The molecule has 0 aromatic carbocycles. The Morgan fingerprint density at radius 3 is 2.31 bits per heavy atom. The molecule has 0 radical (unpaired) electrons. The molecule has 0 saturated heterocycles. The first-order chi connectivity index (χ1) is 5.97. The predicted octanol–water partition coefficient (Wildman–Crippen LogP) is 2.08. The lowest BCUT2D eigenvalue weighted by Gasteiger charge is -2.13. The van der Waals surface area contributed by atoms with Gasteiger partial charge in [0.25, 0.3) is 10.1 Å². The highest BCUT2D eigenvalue weighted by molar-refractivity contribution is 7.86. The average Bonchev–Trinajstić information content (AvgIpc) is 2.66. The molecule has 1 rings (SSSR count). The molecule has 0 bridgehead atoms. The Labute approximate surface area is 80.6 Å². The van der Waals surface area contributed by atoms with Crippen LogP contribution in [0.25, 0.3) is 0 Å². The zero-order valence-electron chi connectivity index (χ0n) is 8.38. The first-order valence-electron chi connectivity index (χ1n) is 4.88. The van der Waals surface area contributed by atoms with Gasteiger partial charge in [-0.15, -0.1) is 0 Å². The Morgan fingerprint density at radius 1 is 1.31 bits per heavy atom. The minimum Gasteiger partial charge on any atom is -0.264 e. The molecule has 0 unspecified atom stereocenters. The van der Waals surface area contributed by atoms with E-state index in [1.165, 1.54) is 0 Å². The van der Waals surface area contributed by atoms with E-state index in [0.29, 0.717) is 0 Å². The average molecular weight is 206 g/mol. The lowest BCUT2D eigenvalue weighted by molar-refractivity contribution is 0.174. The van der Waals surface area contributed by atoms with Gasteiger partial charge in [-0.25, -0.2) is 0 Å². The van der Waals surface area contributed by atoms with Crippen LogP contribution in [0.2, 0.25) is 0 Å². The molecule has 0 atom stereocenters. The van der Waals surface area contributed by atoms with Gasteiger partial charge < -0.3 is 0 Å². The van der Waals surface area contributed by atoms with Crippen molar-refractivity contribution in [3.63, 3.8) is 0 Å². The highest BCUT2D eigenvalue weighted by Crippen LogP contribution is 2.44. The normalized spacial score (nSPS) is 20.2. The Hall–Kier alpha value is -0.0900. The van der Waals surface area contributed by atoms with Crippen LogP contribution in [0, 0.1) is 0 Å². The van der Waals surface area contributed by atoms with E-state index in [1.54, 1.807) is 0 Å². The Balaban J connectivity index is 2.31. The van der Waals surface area contributed by atoms with E-state index in [9.17, 15) is 8.42 Å². The minimum absolute atomic E-state index is 0.303. The van der Waals surface area contributed by atoms with Crippen molar-refractivity contribution in [3.05, 3.63) is 0 Å². The third-order valence-corrected chi connectivity index (χ3v) is 3.03. The van der Waals surface area contributed by atoms with Crippen molar-refractivity contribution < 1.29 is 12.6 Å². The molecule has 0 spiro atoms. The van der Waals surface area contributed by atoms with Crippen LogP contribution < -0.4 is 0 Å². The predicted molar refractivity (Wildman–Crippen MR) is 52.0 cm³/mol. The van der Waals surface area contributed by atoms with Crippen molar-refractivity contribution in [2.24, 2.45) is 0 Å². The number of unbranched alkanes of at least 4 members (excludes halogenated alkanes) is 2. The van der Waals surface area contributed by atoms with Crippen LogP contribution >= 0.6 is 0 Å².